The first-order chi connectivity index (χ1) is 6.99. The van der Waals surface area contributed by atoms with Crippen molar-refractivity contribution in [3.63, 3.8) is 0 Å². The van der Waals surface area contributed by atoms with E-state index in [1.807, 2.05) is 12.1 Å². The van der Waals surface area contributed by atoms with Crippen molar-refractivity contribution in [2.75, 3.05) is 14.2 Å². The van der Waals surface area contributed by atoms with Gasteiger partial charge in [-0.15, -0.1) is 0 Å². The summed E-state index contributed by atoms with van der Waals surface area (Å²) in [6.45, 7) is 6.59. The van der Waals surface area contributed by atoms with Crippen LogP contribution in [-0.4, -0.2) is 14.2 Å². The Morgan fingerprint density at radius 1 is 1.07 bits per heavy atom. The highest BCUT2D eigenvalue weighted by atomic mass is 16.7. The summed E-state index contributed by atoms with van der Waals surface area (Å²) >= 11 is 0. The van der Waals surface area contributed by atoms with Gasteiger partial charge in [0.25, 0.3) is 0 Å². The Kier molecular flexibility index (Phi) is 3.89. The molecule has 1 aromatic rings. The normalized spacial score (nSPS) is 12.1. The molecule has 0 heterocycles. The molecular weight excluding hydrogens is 188 g/mol. The number of ether oxygens (including phenoxy) is 2. The lowest BCUT2D eigenvalue weighted by molar-refractivity contribution is -0.106. The van der Waals surface area contributed by atoms with Gasteiger partial charge in [0, 0.05) is 19.8 Å². The molecule has 0 aliphatic rings. The van der Waals surface area contributed by atoms with Gasteiger partial charge in [-0.1, -0.05) is 45.0 Å². The van der Waals surface area contributed by atoms with E-state index in [1.54, 1.807) is 14.2 Å². The van der Waals surface area contributed by atoms with E-state index in [-0.39, 0.29) is 11.7 Å². The lowest BCUT2D eigenvalue weighted by Gasteiger charge is -2.21. The summed E-state index contributed by atoms with van der Waals surface area (Å²) in [6, 6.07) is 8.33. The molecule has 0 aliphatic carbocycles. The van der Waals surface area contributed by atoms with Gasteiger partial charge in [-0.05, 0) is 11.0 Å². The average molecular weight is 208 g/mol. The highest BCUT2D eigenvalue weighted by Crippen LogP contribution is 2.26. The molecule has 2 heteroatoms. The van der Waals surface area contributed by atoms with Crippen molar-refractivity contribution in [1.29, 1.82) is 0 Å². The van der Waals surface area contributed by atoms with Gasteiger partial charge >= 0.3 is 0 Å². The minimum atomic E-state index is -0.271. The molecule has 0 amide bonds. The maximum atomic E-state index is 5.23. The van der Waals surface area contributed by atoms with Gasteiger partial charge in [0.15, 0.2) is 6.29 Å². The molecule has 1 aromatic carbocycles. The second kappa shape index (κ2) is 4.77. The monoisotopic (exact) mass is 208 g/mol. The van der Waals surface area contributed by atoms with Crippen molar-refractivity contribution in [3.05, 3.63) is 35.4 Å². The molecule has 0 saturated heterocycles. The molecule has 0 aromatic heterocycles. The highest BCUT2D eigenvalue weighted by molar-refractivity contribution is 5.29. The van der Waals surface area contributed by atoms with Crippen LogP contribution in [-0.2, 0) is 14.9 Å². The zero-order valence-corrected chi connectivity index (χ0v) is 10.2. The Hall–Kier alpha value is -0.860. The van der Waals surface area contributed by atoms with E-state index in [4.69, 9.17) is 9.47 Å². The van der Waals surface area contributed by atoms with Crippen molar-refractivity contribution >= 4 is 0 Å². The standard InChI is InChI=1S/C13H20O2/c1-13(2,3)11-8-6-7-10(9-11)12(14-4)15-5/h6-9,12H,1-5H3. The molecule has 0 atom stereocenters. The number of methoxy groups -OCH3 is 2. The second-order valence-corrected chi connectivity index (χ2v) is 4.68. The number of hydrogen-bond acceptors (Lipinski definition) is 2. The molecule has 1 rings (SSSR count). The predicted octanol–water partition coefficient (Wildman–Crippen LogP) is 3.28. The summed E-state index contributed by atoms with van der Waals surface area (Å²) in [7, 11) is 3.30. The molecule has 0 saturated carbocycles. The number of rotatable bonds is 3. The molecule has 0 aliphatic heterocycles. The van der Waals surface area contributed by atoms with Crippen LogP contribution < -0.4 is 0 Å². The van der Waals surface area contributed by atoms with E-state index >= 15 is 0 Å². The zero-order chi connectivity index (χ0) is 11.5. The predicted molar refractivity (Wildman–Crippen MR) is 61.9 cm³/mol. The van der Waals surface area contributed by atoms with Crippen LogP contribution >= 0.6 is 0 Å². The molecule has 15 heavy (non-hydrogen) atoms. The number of hydrogen-bond donors (Lipinski definition) is 0. The summed E-state index contributed by atoms with van der Waals surface area (Å²) in [4.78, 5) is 0. The topological polar surface area (TPSA) is 18.5 Å². The molecule has 0 radical (unpaired) electrons. The maximum absolute atomic E-state index is 5.23. The summed E-state index contributed by atoms with van der Waals surface area (Å²) in [5.41, 5.74) is 2.51. The van der Waals surface area contributed by atoms with Gasteiger partial charge in [0.05, 0.1) is 0 Å². The van der Waals surface area contributed by atoms with Crippen molar-refractivity contribution in [1.82, 2.24) is 0 Å². The van der Waals surface area contributed by atoms with Gasteiger partial charge in [-0.2, -0.15) is 0 Å². The molecule has 2 nitrogen and oxygen atoms in total. The molecule has 0 spiro atoms. The van der Waals surface area contributed by atoms with E-state index in [2.05, 4.69) is 32.9 Å². The third kappa shape index (κ3) is 3.05. The summed E-state index contributed by atoms with van der Waals surface area (Å²) < 4.78 is 10.5. The molecule has 0 N–H and O–H groups in total. The third-order valence-corrected chi connectivity index (χ3v) is 2.45. The Morgan fingerprint density at radius 2 is 1.67 bits per heavy atom. The summed E-state index contributed by atoms with van der Waals surface area (Å²) in [5.74, 6) is 0. The lowest BCUT2D eigenvalue weighted by atomic mass is 9.86. The lowest BCUT2D eigenvalue weighted by Crippen LogP contribution is -2.12. The fraction of sp³-hybridized carbons (Fsp3) is 0.538. The maximum Gasteiger partial charge on any atom is 0.183 e. The first-order valence-electron chi connectivity index (χ1n) is 5.15. The smallest absolute Gasteiger partial charge is 0.183 e. The van der Waals surface area contributed by atoms with Crippen LogP contribution in [0.25, 0.3) is 0 Å². The first-order valence-corrected chi connectivity index (χ1v) is 5.15. The molecule has 0 fully saturated rings. The Bertz CT molecular complexity index is 309. The first kappa shape index (κ1) is 12.2. The summed E-state index contributed by atoms with van der Waals surface area (Å²) in [5, 5.41) is 0. The van der Waals surface area contributed by atoms with Crippen molar-refractivity contribution in [2.45, 2.75) is 32.5 Å². The number of benzene rings is 1. The van der Waals surface area contributed by atoms with E-state index in [1.165, 1.54) is 5.56 Å². The molecule has 0 bridgehead atoms. The third-order valence-electron chi connectivity index (χ3n) is 2.45. The van der Waals surface area contributed by atoms with E-state index in [9.17, 15) is 0 Å². The largest absolute Gasteiger partial charge is 0.352 e. The van der Waals surface area contributed by atoms with Crippen LogP contribution in [0.1, 0.15) is 38.2 Å². The minimum absolute atomic E-state index is 0.155. The Balaban J connectivity index is 3.02. The highest BCUT2D eigenvalue weighted by Gasteiger charge is 2.16. The van der Waals surface area contributed by atoms with Crippen LogP contribution in [0.3, 0.4) is 0 Å². The van der Waals surface area contributed by atoms with E-state index in [0.717, 1.165) is 5.56 Å². The minimum Gasteiger partial charge on any atom is -0.352 e. The quantitative estimate of drug-likeness (QED) is 0.710. The molecular formula is C13H20O2. The van der Waals surface area contributed by atoms with Crippen molar-refractivity contribution < 1.29 is 9.47 Å². The average Bonchev–Trinajstić information content (AvgIpc) is 2.19. The Morgan fingerprint density at radius 3 is 2.13 bits per heavy atom. The fourth-order valence-corrected chi connectivity index (χ4v) is 1.52. The van der Waals surface area contributed by atoms with Crippen LogP contribution in [0.2, 0.25) is 0 Å². The summed E-state index contributed by atoms with van der Waals surface area (Å²) in [6.07, 6.45) is -0.271. The van der Waals surface area contributed by atoms with Gasteiger partial charge in [-0.25, -0.2) is 0 Å². The fourth-order valence-electron chi connectivity index (χ4n) is 1.52. The van der Waals surface area contributed by atoms with Crippen molar-refractivity contribution in [2.24, 2.45) is 0 Å². The Labute approximate surface area is 92.2 Å². The van der Waals surface area contributed by atoms with Gasteiger partial charge < -0.3 is 9.47 Å². The zero-order valence-electron chi connectivity index (χ0n) is 10.2. The van der Waals surface area contributed by atoms with Gasteiger partial charge in [0.2, 0.25) is 0 Å². The van der Waals surface area contributed by atoms with E-state index in [0.29, 0.717) is 0 Å². The molecule has 84 valence electrons. The van der Waals surface area contributed by atoms with E-state index < -0.39 is 0 Å². The van der Waals surface area contributed by atoms with Crippen LogP contribution in [0, 0.1) is 0 Å². The van der Waals surface area contributed by atoms with Crippen molar-refractivity contribution in [3.8, 4) is 0 Å². The van der Waals surface area contributed by atoms with Crippen LogP contribution in [0.15, 0.2) is 24.3 Å². The molecule has 0 unspecified atom stereocenters. The van der Waals surface area contributed by atoms with Gasteiger partial charge in [-0.3, -0.25) is 0 Å². The van der Waals surface area contributed by atoms with Crippen LogP contribution in [0.4, 0.5) is 0 Å². The van der Waals surface area contributed by atoms with Gasteiger partial charge in [0.1, 0.15) is 0 Å². The van der Waals surface area contributed by atoms with Crippen LogP contribution in [0.5, 0.6) is 0 Å². The second-order valence-electron chi connectivity index (χ2n) is 4.68. The SMILES string of the molecule is COC(OC)c1cccc(C(C)(C)C)c1.